The van der Waals surface area contributed by atoms with E-state index >= 15 is 0 Å². The second-order valence-electron chi connectivity index (χ2n) is 4.52. The highest BCUT2D eigenvalue weighted by Gasteiger charge is 2.20. The van der Waals surface area contributed by atoms with Gasteiger partial charge in [0.05, 0.1) is 6.20 Å². The summed E-state index contributed by atoms with van der Waals surface area (Å²) in [4.78, 5) is 0. The predicted molar refractivity (Wildman–Crippen MR) is 53.8 cm³/mol. The average molecular weight is 178 g/mol. The van der Waals surface area contributed by atoms with Crippen LogP contribution in [0.5, 0.6) is 0 Å². The van der Waals surface area contributed by atoms with E-state index in [-0.39, 0.29) is 0 Å². The van der Waals surface area contributed by atoms with Gasteiger partial charge in [0.15, 0.2) is 0 Å². The lowest BCUT2D eigenvalue weighted by Crippen LogP contribution is -2.18. The molecule has 1 aromatic heterocycles. The van der Waals surface area contributed by atoms with Crippen LogP contribution in [0.4, 0.5) is 0 Å². The first-order valence-corrected chi connectivity index (χ1v) is 5.23. The molecule has 0 aromatic carbocycles. The zero-order chi connectivity index (χ0) is 9.42. The van der Waals surface area contributed by atoms with Crippen LogP contribution in [0.3, 0.4) is 0 Å². The second kappa shape index (κ2) is 3.17. The van der Waals surface area contributed by atoms with Gasteiger partial charge < -0.3 is 0 Å². The highest BCUT2D eigenvalue weighted by atomic mass is 15.3. The SMILES string of the molecule is CC(C)c1cnn2c1C[C@@H](C)CC2. The van der Waals surface area contributed by atoms with Crippen molar-refractivity contribution in [2.45, 2.75) is 46.1 Å². The Morgan fingerprint density at radius 1 is 1.54 bits per heavy atom. The van der Waals surface area contributed by atoms with Gasteiger partial charge in [0, 0.05) is 12.2 Å². The van der Waals surface area contributed by atoms with Crippen molar-refractivity contribution in [3.05, 3.63) is 17.5 Å². The number of rotatable bonds is 1. The maximum absolute atomic E-state index is 4.43. The topological polar surface area (TPSA) is 17.8 Å². The molecular weight excluding hydrogens is 160 g/mol. The minimum absolute atomic E-state index is 0.619. The van der Waals surface area contributed by atoms with Crippen LogP contribution in [0.15, 0.2) is 6.20 Å². The van der Waals surface area contributed by atoms with Crippen molar-refractivity contribution in [3.63, 3.8) is 0 Å². The first-order chi connectivity index (χ1) is 6.18. The van der Waals surface area contributed by atoms with E-state index in [4.69, 9.17) is 0 Å². The van der Waals surface area contributed by atoms with Gasteiger partial charge in [-0.05, 0) is 30.2 Å². The first kappa shape index (κ1) is 8.79. The fourth-order valence-corrected chi connectivity index (χ4v) is 2.10. The van der Waals surface area contributed by atoms with E-state index in [2.05, 4.69) is 36.7 Å². The Labute approximate surface area is 80.0 Å². The minimum Gasteiger partial charge on any atom is -0.269 e. The number of fused-ring (bicyclic) bond motifs is 1. The molecule has 0 bridgehead atoms. The Morgan fingerprint density at radius 3 is 3.00 bits per heavy atom. The molecule has 0 saturated heterocycles. The van der Waals surface area contributed by atoms with Crippen molar-refractivity contribution in [2.24, 2.45) is 5.92 Å². The predicted octanol–water partition coefficient (Wildman–Crippen LogP) is 2.59. The molecule has 1 aliphatic heterocycles. The zero-order valence-electron chi connectivity index (χ0n) is 8.75. The summed E-state index contributed by atoms with van der Waals surface area (Å²) < 4.78 is 2.19. The van der Waals surface area contributed by atoms with E-state index in [1.165, 1.54) is 24.1 Å². The summed E-state index contributed by atoms with van der Waals surface area (Å²) in [7, 11) is 0. The van der Waals surface area contributed by atoms with Crippen molar-refractivity contribution in [1.82, 2.24) is 9.78 Å². The maximum atomic E-state index is 4.43. The molecule has 0 spiro atoms. The molecule has 0 aliphatic carbocycles. The summed E-state index contributed by atoms with van der Waals surface area (Å²) >= 11 is 0. The van der Waals surface area contributed by atoms with E-state index in [9.17, 15) is 0 Å². The molecule has 0 saturated carbocycles. The smallest absolute Gasteiger partial charge is 0.0527 e. The molecule has 1 aromatic rings. The van der Waals surface area contributed by atoms with Crippen LogP contribution in [0.1, 0.15) is 44.4 Å². The molecular formula is C11H18N2. The quantitative estimate of drug-likeness (QED) is 0.646. The summed E-state index contributed by atoms with van der Waals surface area (Å²) in [5.41, 5.74) is 2.93. The van der Waals surface area contributed by atoms with Crippen LogP contribution in [0.25, 0.3) is 0 Å². The van der Waals surface area contributed by atoms with Crippen molar-refractivity contribution in [1.29, 1.82) is 0 Å². The van der Waals surface area contributed by atoms with Gasteiger partial charge >= 0.3 is 0 Å². The zero-order valence-corrected chi connectivity index (χ0v) is 8.75. The van der Waals surface area contributed by atoms with Gasteiger partial charge in [-0.3, -0.25) is 4.68 Å². The lowest BCUT2D eigenvalue weighted by atomic mass is 9.93. The molecule has 1 atom stereocenters. The van der Waals surface area contributed by atoms with Crippen LogP contribution < -0.4 is 0 Å². The van der Waals surface area contributed by atoms with Gasteiger partial charge in [-0.2, -0.15) is 5.10 Å². The summed E-state index contributed by atoms with van der Waals surface area (Å²) in [5.74, 6) is 1.45. The molecule has 0 amide bonds. The Balaban J connectivity index is 2.35. The number of nitrogens with zero attached hydrogens (tertiary/aromatic N) is 2. The number of aromatic nitrogens is 2. The fraction of sp³-hybridized carbons (Fsp3) is 0.727. The molecule has 72 valence electrons. The van der Waals surface area contributed by atoms with E-state index in [1.54, 1.807) is 0 Å². The van der Waals surface area contributed by atoms with E-state index < -0.39 is 0 Å². The van der Waals surface area contributed by atoms with E-state index in [0.29, 0.717) is 5.92 Å². The monoisotopic (exact) mass is 178 g/mol. The fourth-order valence-electron chi connectivity index (χ4n) is 2.10. The second-order valence-corrected chi connectivity index (χ2v) is 4.52. The highest BCUT2D eigenvalue weighted by Crippen LogP contribution is 2.26. The third-order valence-corrected chi connectivity index (χ3v) is 2.98. The molecule has 2 rings (SSSR count). The largest absolute Gasteiger partial charge is 0.269 e. The lowest BCUT2D eigenvalue weighted by Gasteiger charge is -2.21. The molecule has 0 N–H and O–H groups in total. The third kappa shape index (κ3) is 1.50. The molecule has 2 heterocycles. The summed E-state index contributed by atoms with van der Waals surface area (Å²) in [6.45, 7) is 7.94. The van der Waals surface area contributed by atoms with Crippen molar-refractivity contribution in [3.8, 4) is 0 Å². The molecule has 2 nitrogen and oxygen atoms in total. The molecule has 0 unspecified atom stereocenters. The number of hydrogen-bond acceptors (Lipinski definition) is 1. The normalized spacial score (nSPS) is 22.0. The summed E-state index contributed by atoms with van der Waals surface area (Å²) in [6, 6.07) is 0. The number of aryl methyl sites for hydroxylation is 1. The highest BCUT2D eigenvalue weighted by molar-refractivity contribution is 5.22. The van der Waals surface area contributed by atoms with Gasteiger partial charge in [-0.15, -0.1) is 0 Å². The van der Waals surface area contributed by atoms with Crippen molar-refractivity contribution < 1.29 is 0 Å². The summed E-state index contributed by atoms with van der Waals surface area (Å²) in [5, 5.41) is 4.43. The number of hydrogen-bond donors (Lipinski definition) is 0. The van der Waals surface area contributed by atoms with Gasteiger partial charge in [0.2, 0.25) is 0 Å². The lowest BCUT2D eigenvalue weighted by molar-refractivity contribution is 0.389. The first-order valence-electron chi connectivity index (χ1n) is 5.23. The molecule has 1 aliphatic rings. The molecule has 0 radical (unpaired) electrons. The minimum atomic E-state index is 0.619. The van der Waals surface area contributed by atoms with Gasteiger partial charge in [-0.25, -0.2) is 0 Å². The standard InChI is InChI=1S/C11H18N2/c1-8(2)10-7-12-13-5-4-9(3)6-11(10)13/h7-9H,4-6H2,1-3H3/t9-/m0/s1. The van der Waals surface area contributed by atoms with Gasteiger partial charge in [-0.1, -0.05) is 20.8 Å². The molecule has 2 heteroatoms. The molecule has 13 heavy (non-hydrogen) atoms. The van der Waals surface area contributed by atoms with Gasteiger partial charge in [0.1, 0.15) is 0 Å². The Morgan fingerprint density at radius 2 is 2.31 bits per heavy atom. The van der Waals surface area contributed by atoms with Crippen molar-refractivity contribution >= 4 is 0 Å². The van der Waals surface area contributed by atoms with Gasteiger partial charge in [0.25, 0.3) is 0 Å². The van der Waals surface area contributed by atoms with Crippen LogP contribution in [0, 0.1) is 5.92 Å². The van der Waals surface area contributed by atoms with Crippen molar-refractivity contribution in [2.75, 3.05) is 0 Å². The summed E-state index contributed by atoms with van der Waals surface area (Å²) in [6.07, 6.45) is 4.55. The van der Waals surface area contributed by atoms with Crippen LogP contribution in [-0.2, 0) is 13.0 Å². The Hall–Kier alpha value is -0.790. The Kier molecular flexibility index (Phi) is 2.14. The Bertz CT molecular complexity index is 299. The average Bonchev–Trinajstić information content (AvgIpc) is 2.46. The molecule has 0 fully saturated rings. The van der Waals surface area contributed by atoms with E-state index in [0.717, 1.165) is 12.5 Å². The van der Waals surface area contributed by atoms with E-state index in [1.807, 2.05) is 0 Å². The van der Waals surface area contributed by atoms with Crippen LogP contribution in [-0.4, -0.2) is 9.78 Å². The third-order valence-electron chi connectivity index (χ3n) is 2.98. The van der Waals surface area contributed by atoms with Crippen LogP contribution in [0.2, 0.25) is 0 Å². The van der Waals surface area contributed by atoms with Crippen LogP contribution >= 0.6 is 0 Å². The maximum Gasteiger partial charge on any atom is 0.0527 e.